The Morgan fingerprint density at radius 2 is 1.83 bits per heavy atom. The molecule has 6 nitrogen and oxygen atoms in total. The van der Waals surface area contributed by atoms with E-state index < -0.39 is 0 Å². The van der Waals surface area contributed by atoms with Crippen molar-refractivity contribution in [2.45, 2.75) is 48.4 Å². The normalized spacial score (nSPS) is 19.4. The van der Waals surface area contributed by atoms with E-state index in [1.165, 1.54) is 29.9 Å². The molecule has 2 fully saturated rings. The van der Waals surface area contributed by atoms with Gasteiger partial charge < -0.3 is 9.40 Å². The second-order valence-electron chi connectivity index (χ2n) is 8.63. The molecule has 1 saturated carbocycles. The Bertz CT molecular complexity index is 1380. The average molecular weight is 501 g/mol. The van der Waals surface area contributed by atoms with Crippen LogP contribution in [0.2, 0.25) is 0 Å². The van der Waals surface area contributed by atoms with Crippen molar-refractivity contribution in [1.82, 2.24) is 14.9 Å². The third kappa shape index (κ3) is 4.81. The molecule has 1 aliphatic carbocycles. The van der Waals surface area contributed by atoms with Crippen LogP contribution in [0, 0.1) is 0 Å². The van der Waals surface area contributed by atoms with Crippen molar-refractivity contribution < 1.29 is 9.21 Å². The van der Waals surface area contributed by atoms with Gasteiger partial charge in [-0.3, -0.25) is 9.69 Å². The molecule has 4 aromatic rings. The number of nitrogens with zero attached hydrogens (tertiary/aromatic N) is 3. The molecule has 2 aromatic heterocycles. The summed E-state index contributed by atoms with van der Waals surface area (Å²) in [6.45, 7) is 0. The van der Waals surface area contributed by atoms with Crippen molar-refractivity contribution in [2.75, 3.05) is 0 Å². The minimum Gasteiger partial charge on any atom is -0.450 e. The maximum atomic E-state index is 13.5. The Balaban J connectivity index is 1.25. The number of furan rings is 1. The molecule has 1 saturated heterocycles. The fourth-order valence-corrected chi connectivity index (χ4v) is 6.32. The summed E-state index contributed by atoms with van der Waals surface area (Å²) in [6, 6.07) is 21.8. The zero-order valence-corrected chi connectivity index (χ0v) is 20.6. The summed E-state index contributed by atoms with van der Waals surface area (Å²) in [5.74, 6) is 0.656. The zero-order chi connectivity index (χ0) is 23.6. The number of hydrogen-bond acceptors (Lipinski definition) is 6. The van der Waals surface area contributed by atoms with E-state index in [-0.39, 0.29) is 11.9 Å². The number of nitrogens with one attached hydrogen (secondary N) is 1. The summed E-state index contributed by atoms with van der Waals surface area (Å²) in [7, 11) is 0. The number of aromatic nitrogens is 2. The third-order valence-corrected chi connectivity index (χ3v) is 7.99. The van der Waals surface area contributed by atoms with Crippen molar-refractivity contribution in [2.24, 2.45) is 4.99 Å². The maximum absolute atomic E-state index is 13.5. The molecule has 3 heterocycles. The number of aliphatic imine (C=N–C) groups is 1. The van der Waals surface area contributed by atoms with Crippen LogP contribution < -0.4 is 0 Å². The number of rotatable bonds is 5. The molecule has 1 aliphatic heterocycles. The highest BCUT2D eigenvalue weighted by molar-refractivity contribution is 8.18. The van der Waals surface area contributed by atoms with Crippen LogP contribution in [0.25, 0.3) is 17.1 Å². The number of fused-ring (bicyclic) bond motifs is 1. The van der Waals surface area contributed by atoms with Gasteiger partial charge in [0, 0.05) is 12.1 Å². The first-order valence-electron chi connectivity index (χ1n) is 11.8. The molecule has 2 aliphatic rings. The van der Waals surface area contributed by atoms with Crippen molar-refractivity contribution in [3.8, 4) is 0 Å². The van der Waals surface area contributed by atoms with Crippen LogP contribution in [0.3, 0.4) is 0 Å². The summed E-state index contributed by atoms with van der Waals surface area (Å²) < 4.78 is 6.03. The molecular weight excluding hydrogens is 476 g/mol. The Labute approximate surface area is 211 Å². The number of amidine groups is 1. The highest BCUT2D eigenvalue weighted by Gasteiger charge is 2.38. The largest absolute Gasteiger partial charge is 0.450 e. The second kappa shape index (κ2) is 9.79. The number of hydrogen-bond donors (Lipinski definition) is 1. The average Bonchev–Trinajstić information content (AvgIpc) is 3.58. The number of thioether (sulfide) groups is 1. The van der Waals surface area contributed by atoms with Crippen LogP contribution in [-0.4, -0.2) is 32.0 Å². The lowest BCUT2D eigenvalue weighted by Gasteiger charge is -2.30. The van der Waals surface area contributed by atoms with Crippen molar-refractivity contribution in [3.05, 3.63) is 77.4 Å². The van der Waals surface area contributed by atoms with Gasteiger partial charge in [0.2, 0.25) is 0 Å². The van der Waals surface area contributed by atoms with Crippen molar-refractivity contribution >= 4 is 57.4 Å². The molecule has 1 amide bonds. The van der Waals surface area contributed by atoms with Crippen LogP contribution in [0.1, 0.15) is 37.9 Å². The number of aromatic amines is 1. The summed E-state index contributed by atoms with van der Waals surface area (Å²) in [6.07, 6.45) is 7.41. The van der Waals surface area contributed by atoms with Gasteiger partial charge in [-0.15, -0.1) is 0 Å². The zero-order valence-electron chi connectivity index (χ0n) is 19.0. The topological polar surface area (TPSA) is 74.5 Å². The summed E-state index contributed by atoms with van der Waals surface area (Å²) >= 11 is 2.86. The van der Waals surface area contributed by atoms with Gasteiger partial charge >= 0.3 is 0 Å². The molecule has 176 valence electrons. The van der Waals surface area contributed by atoms with E-state index in [2.05, 4.69) is 9.97 Å². The number of imidazole rings is 1. The van der Waals surface area contributed by atoms with Crippen LogP contribution in [0.15, 0.2) is 91.3 Å². The van der Waals surface area contributed by atoms with Crippen molar-refractivity contribution in [1.29, 1.82) is 0 Å². The van der Waals surface area contributed by atoms with E-state index in [1.807, 2.05) is 77.7 Å². The standard InChI is InChI=1S/C27H24N4O2S2/c32-25-23(17-20-15-16-24(33-20)35-26-29-21-13-7-8-14-22(21)30-26)34-27(28-18-9-3-1-4-10-18)31(25)19-11-5-2-6-12-19/h1,3-4,7-10,13-17,19H,2,5-6,11-12H2,(H,29,30)/b23-17-,28-27?. The van der Waals surface area contributed by atoms with E-state index in [0.29, 0.717) is 15.8 Å². The molecule has 2 aromatic carbocycles. The smallest absolute Gasteiger partial charge is 0.267 e. The highest BCUT2D eigenvalue weighted by Crippen LogP contribution is 2.39. The van der Waals surface area contributed by atoms with Crippen molar-refractivity contribution in [3.63, 3.8) is 0 Å². The minimum atomic E-state index is 0.0134. The molecule has 1 N–H and O–H groups in total. The highest BCUT2D eigenvalue weighted by atomic mass is 32.2. The molecule has 0 radical (unpaired) electrons. The fraction of sp³-hybridized carbons (Fsp3) is 0.222. The van der Waals surface area contributed by atoms with Crippen LogP contribution in [0.4, 0.5) is 5.69 Å². The van der Waals surface area contributed by atoms with Gasteiger partial charge in [-0.1, -0.05) is 49.6 Å². The SMILES string of the molecule is O=C1/C(=C/c2ccc(Sc3nc4ccccc4[nH]3)o2)SC(=Nc2ccccc2)N1C1CCCCC1. The van der Waals surface area contributed by atoms with Crippen LogP contribution >= 0.6 is 23.5 Å². The quantitative estimate of drug-likeness (QED) is 0.292. The lowest BCUT2D eigenvalue weighted by Crippen LogP contribution is -2.40. The number of para-hydroxylation sites is 3. The molecule has 35 heavy (non-hydrogen) atoms. The monoisotopic (exact) mass is 500 g/mol. The van der Waals surface area contributed by atoms with Gasteiger partial charge in [-0.25, -0.2) is 9.98 Å². The molecule has 6 rings (SSSR count). The van der Waals surface area contributed by atoms with Gasteiger partial charge in [-0.05, 0) is 72.8 Å². The summed E-state index contributed by atoms with van der Waals surface area (Å²) in [5, 5.41) is 2.24. The van der Waals surface area contributed by atoms with E-state index in [0.717, 1.165) is 52.7 Å². The van der Waals surface area contributed by atoms with E-state index in [9.17, 15) is 4.79 Å². The molecule has 0 spiro atoms. The lowest BCUT2D eigenvalue weighted by molar-refractivity contribution is -0.124. The van der Waals surface area contributed by atoms with E-state index in [4.69, 9.17) is 9.41 Å². The van der Waals surface area contributed by atoms with Gasteiger partial charge in [0.05, 0.1) is 21.6 Å². The molecule has 0 bridgehead atoms. The Kier molecular flexibility index (Phi) is 6.22. The lowest BCUT2D eigenvalue weighted by atomic mass is 9.94. The third-order valence-electron chi connectivity index (χ3n) is 6.20. The van der Waals surface area contributed by atoms with E-state index in [1.54, 1.807) is 0 Å². The van der Waals surface area contributed by atoms with Gasteiger partial charge in [0.25, 0.3) is 5.91 Å². The first-order valence-corrected chi connectivity index (χ1v) is 13.5. The number of benzene rings is 2. The fourth-order valence-electron chi connectivity index (χ4n) is 4.51. The molecular formula is C27H24N4O2S2. The first kappa shape index (κ1) is 22.2. The van der Waals surface area contributed by atoms with Gasteiger partial charge in [-0.2, -0.15) is 0 Å². The molecule has 8 heteroatoms. The summed E-state index contributed by atoms with van der Waals surface area (Å²) in [4.78, 5) is 28.8. The van der Waals surface area contributed by atoms with Crippen LogP contribution in [0.5, 0.6) is 0 Å². The number of carbonyl (C=O) groups excluding carboxylic acids is 1. The summed E-state index contributed by atoms with van der Waals surface area (Å²) in [5.41, 5.74) is 2.77. The van der Waals surface area contributed by atoms with Gasteiger partial charge in [0.1, 0.15) is 5.76 Å². The second-order valence-corrected chi connectivity index (χ2v) is 10.6. The van der Waals surface area contributed by atoms with Gasteiger partial charge in [0.15, 0.2) is 15.4 Å². The molecule has 0 unspecified atom stereocenters. The predicted octanol–water partition coefficient (Wildman–Crippen LogP) is 7.24. The minimum absolute atomic E-state index is 0.0134. The first-order chi connectivity index (χ1) is 17.2. The maximum Gasteiger partial charge on any atom is 0.267 e. The Hall–Kier alpha value is -3.23. The molecule has 0 atom stereocenters. The number of carbonyl (C=O) groups is 1. The van der Waals surface area contributed by atoms with E-state index >= 15 is 0 Å². The Morgan fingerprint density at radius 1 is 1.03 bits per heavy atom. The number of amides is 1. The number of H-pyrrole nitrogens is 1. The van der Waals surface area contributed by atoms with Crippen LogP contribution in [-0.2, 0) is 4.79 Å². The Morgan fingerprint density at radius 3 is 2.66 bits per heavy atom. The predicted molar refractivity (Wildman–Crippen MR) is 142 cm³/mol.